The Morgan fingerprint density at radius 2 is 2.17 bits per heavy atom. The van der Waals surface area contributed by atoms with Crippen molar-refractivity contribution in [2.24, 2.45) is 0 Å². The third kappa shape index (κ3) is 3.15. The van der Waals surface area contributed by atoms with Gasteiger partial charge in [0, 0.05) is 25.2 Å². The summed E-state index contributed by atoms with van der Waals surface area (Å²) in [5.41, 5.74) is 1.79. The zero-order valence-corrected chi connectivity index (χ0v) is 11.2. The molecule has 0 aliphatic carbocycles. The van der Waals surface area contributed by atoms with Gasteiger partial charge >= 0.3 is 0 Å². The van der Waals surface area contributed by atoms with Crippen molar-refractivity contribution < 1.29 is 9.53 Å². The molecule has 18 heavy (non-hydrogen) atoms. The van der Waals surface area contributed by atoms with E-state index >= 15 is 0 Å². The Labute approximate surface area is 112 Å². The summed E-state index contributed by atoms with van der Waals surface area (Å²) in [6, 6.07) is 5.58. The largest absolute Gasteiger partial charge is 0.375 e. The lowest BCUT2D eigenvalue weighted by atomic mass is 10.2. The number of anilines is 2. The number of halogens is 1. The van der Waals surface area contributed by atoms with Crippen LogP contribution in [0.2, 0.25) is 5.02 Å². The van der Waals surface area contributed by atoms with Crippen molar-refractivity contribution in [3.8, 4) is 0 Å². The molecule has 1 amide bonds. The standard InChI is InChI=1S/C13H17ClN2O2/c1-18-9-13(17)15-11-8-10(14)4-5-12(11)16-6-2-3-7-16/h4-5,8H,2-3,6-7,9H2,1H3,(H,15,17). The summed E-state index contributed by atoms with van der Waals surface area (Å²) in [4.78, 5) is 13.9. The number of benzene rings is 1. The van der Waals surface area contributed by atoms with Gasteiger partial charge in [-0.15, -0.1) is 0 Å². The number of hydrogen-bond donors (Lipinski definition) is 1. The van der Waals surface area contributed by atoms with Crippen LogP contribution >= 0.6 is 11.6 Å². The van der Waals surface area contributed by atoms with E-state index in [9.17, 15) is 4.79 Å². The van der Waals surface area contributed by atoms with Crippen LogP contribution in [0.4, 0.5) is 11.4 Å². The first-order valence-corrected chi connectivity index (χ1v) is 6.42. The molecule has 1 aliphatic heterocycles. The average Bonchev–Trinajstić information content (AvgIpc) is 2.83. The highest BCUT2D eigenvalue weighted by Crippen LogP contribution is 2.31. The Bertz CT molecular complexity index is 431. The van der Waals surface area contributed by atoms with Crippen LogP contribution < -0.4 is 10.2 Å². The minimum atomic E-state index is -0.166. The Morgan fingerprint density at radius 1 is 1.44 bits per heavy atom. The SMILES string of the molecule is COCC(=O)Nc1cc(Cl)ccc1N1CCCC1. The fourth-order valence-corrected chi connectivity index (χ4v) is 2.33. The van der Waals surface area contributed by atoms with Crippen LogP contribution in [-0.2, 0) is 9.53 Å². The molecule has 2 rings (SSSR count). The lowest BCUT2D eigenvalue weighted by Gasteiger charge is -2.21. The van der Waals surface area contributed by atoms with Gasteiger partial charge in [-0.1, -0.05) is 11.6 Å². The van der Waals surface area contributed by atoms with Crippen molar-refractivity contribution in [3.05, 3.63) is 23.2 Å². The first-order chi connectivity index (χ1) is 8.70. The van der Waals surface area contributed by atoms with E-state index < -0.39 is 0 Å². The second kappa shape index (κ2) is 6.07. The van der Waals surface area contributed by atoms with Crippen molar-refractivity contribution in [1.82, 2.24) is 0 Å². The van der Waals surface area contributed by atoms with E-state index in [1.165, 1.54) is 20.0 Å². The summed E-state index contributed by atoms with van der Waals surface area (Å²) in [6.45, 7) is 2.09. The molecule has 5 heteroatoms. The topological polar surface area (TPSA) is 41.6 Å². The molecule has 4 nitrogen and oxygen atoms in total. The molecular weight excluding hydrogens is 252 g/mol. The van der Waals surface area contributed by atoms with Crippen LogP contribution in [0.5, 0.6) is 0 Å². The van der Waals surface area contributed by atoms with E-state index in [2.05, 4.69) is 10.2 Å². The Kier molecular flexibility index (Phi) is 4.44. The maximum atomic E-state index is 11.6. The number of ether oxygens (including phenoxy) is 1. The van der Waals surface area contributed by atoms with E-state index in [0.29, 0.717) is 5.02 Å². The van der Waals surface area contributed by atoms with Gasteiger partial charge < -0.3 is 15.0 Å². The number of nitrogens with one attached hydrogen (secondary N) is 1. The third-order valence-electron chi connectivity index (χ3n) is 2.95. The maximum Gasteiger partial charge on any atom is 0.250 e. The van der Waals surface area contributed by atoms with E-state index in [1.807, 2.05) is 12.1 Å². The Hall–Kier alpha value is -1.26. The molecule has 1 fully saturated rings. The lowest BCUT2D eigenvalue weighted by Crippen LogP contribution is -2.22. The number of amides is 1. The first-order valence-electron chi connectivity index (χ1n) is 6.04. The van der Waals surface area contributed by atoms with Crippen LogP contribution in [0.15, 0.2) is 18.2 Å². The molecule has 0 unspecified atom stereocenters. The number of hydrogen-bond acceptors (Lipinski definition) is 3. The highest BCUT2D eigenvalue weighted by atomic mass is 35.5. The van der Waals surface area contributed by atoms with Gasteiger partial charge in [0.2, 0.25) is 5.91 Å². The molecule has 0 saturated carbocycles. The zero-order valence-electron chi connectivity index (χ0n) is 10.4. The van der Waals surface area contributed by atoms with E-state index in [0.717, 1.165) is 24.5 Å². The summed E-state index contributed by atoms with van der Waals surface area (Å²) in [5, 5.41) is 3.46. The predicted octanol–water partition coefficient (Wildman–Crippen LogP) is 2.53. The minimum Gasteiger partial charge on any atom is -0.375 e. The fourth-order valence-electron chi connectivity index (χ4n) is 2.16. The van der Waals surface area contributed by atoms with E-state index in [1.54, 1.807) is 6.07 Å². The van der Waals surface area contributed by atoms with Crippen molar-refractivity contribution >= 4 is 28.9 Å². The van der Waals surface area contributed by atoms with E-state index in [-0.39, 0.29) is 12.5 Å². The number of methoxy groups -OCH3 is 1. The van der Waals surface area contributed by atoms with E-state index in [4.69, 9.17) is 16.3 Å². The van der Waals surface area contributed by atoms with Crippen LogP contribution in [-0.4, -0.2) is 32.7 Å². The van der Waals surface area contributed by atoms with Crippen LogP contribution in [0.25, 0.3) is 0 Å². The minimum absolute atomic E-state index is 0.0476. The van der Waals surface area contributed by atoms with Gasteiger partial charge in [-0.25, -0.2) is 0 Å². The van der Waals surface area contributed by atoms with Gasteiger partial charge in [-0.2, -0.15) is 0 Å². The molecular formula is C13H17ClN2O2. The summed E-state index contributed by atoms with van der Waals surface area (Å²) in [5.74, 6) is -0.166. The van der Waals surface area contributed by atoms with Crippen molar-refractivity contribution in [1.29, 1.82) is 0 Å². The van der Waals surface area contributed by atoms with Crippen molar-refractivity contribution in [3.63, 3.8) is 0 Å². The number of carbonyl (C=O) groups is 1. The van der Waals surface area contributed by atoms with Gasteiger partial charge in [-0.3, -0.25) is 4.79 Å². The quantitative estimate of drug-likeness (QED) is 0.912. The number of rotatable bonds is 4. The number of carbonyl (C=O) groups excluding carboxylic acids is 1. The predicted molar refractivity (Wildman–Crippen MR) is 73.4 cm³/mol. The highest BCUT2D eigenvalue weighted by molar-refractivity contribution is 6.31. The zero-order chi connectivity index (χ0) is 13.0. The summed E-state index contributed by atoms with van der Waals surface area (Å²) < 4.78 is 4.81. The van der Waals surface area contributed by atoms with Crippen LogP contribution in [0.1, 0.15) is 12.8 Å². The normalized spacial score (nSPS) is 14.9. The molecule has 0 bridgehead atoms. The molecule has 0 aromatic heterocycles. The second-order valence-electron chi connectivity index (χ2n) is 4.34. The van der Waals surface area contributed by atoms with Gasteiger partial charge in [-0.05, 0) is 31.0 Å². The van der Waals surface area contributed by atoms with Crippen molar-refractivity contribution in [2.75, 3.05) is 37.0 Å². The Balaban J connectivity index is 2.20. The van der Waals surface area contributed by atoms with Crippen LogP contribution in [0, 0.1) is 0 Å². The first kappa shape index (κ1) is 13.2. The molecule has 1 aromatic carbocycles. The summed E-state index contributed by atoms with van der Waals surface area (Å²) >= 11 is 5.98. The van der Waals surface area contributed by atoms with Gasteiger partial charge in [0.05, 0.1) is 11.4 Å². The second-order valence-corrected chi connectivity index (χ2v) is 4.77. The molecule has 0 atom stereocenters. The van der Waals surface area contributed by atoms with Gasteiger partial charge in [0.15, 0.2) is 0 Å². The Morgan fingerprint density at radius 3 is 2.83 bits per heavy atom. The smallest absolute Gasteiger partial charge is 0.250 e. The van der Waals surface area contributed by atoms with Crippen LogP contribution in [0.3, 0.4) is 0 Å². The molecule has 98 valence electrons. The van der Waals surface area contributed by atoms with Crippen molar-refractivity contribution in [2.45, 2.75) is 12.8 Å². The fraction of sp³-hybridized carbons (Fsp3) is 0.462. The van der Waals surface area contributed by atoms with Gasteiger partial charge in [0.25, 0.3) is 0 Å². The molecule has 0 spiro atoms. The monoisotopic (exact) mass is 268 g/mol. The third-order valence-corrected chi connectivity index (χ3v) is 3.19. The maximum absolute atomic E-state index is 11.6. The molecule has 1 aliphatic rings. The molecule has 1 N–H and O–H groups in total. The lowest BCUT2D eigenvalue weighted by molar-refractivity contribution is -0.119. The molecule has 1 heterocycles. The summed E-state index contributed by atoms with van der Waals surface area (Å²) in [6.07, 6.45) is 2.38. The number of nitrogens with zero attached hydrogens (tertiary/aromatic N) is 1. The van der Waals surface area contributed by atoms with Gasteiger partial charge in [0.1, 0.15) is 6.61 Å². The molecule has 0 radical (unpaired) electrons. The average molecular weight is 269 g/mol. The summed E-state index contributed by atoms with van der Waals surface area (Å²) in [7, 11) is 1.50. The molecule has 1 saturated heterocycles. The molecule has 1 aromatic rings. The highest BCUT2D eigenvalue weighted by Gasteiger charge is 2.17.